The number of aromatic nitrogens is 4. The first-order chi connectivity index (χ1) is 13.0. The number of hydrogen-bond acceptors (Lipinski definition) is 5. The van der Waals surface area contributed by atoms with Gasteiger partial charge in [-0.2, -0.15) is 0 Å². The van der Waals surface area contributed by atoms with Gasteiger partial charge in [0.15, 0.2) is 0 Å². The monoisotopic (exact) mass is 364 g/mol. The van der Waals surface area contributed by atoms with E-state index < -0.39 is 0 Å². The summed E-state index contributed by atoms with van der Waals surface area (Å²) in [4.78, 5) is 29.3. The molecule has 138 valence electrons. The molecule has 2 heterocycles. The summed E-state index contributed by atoms with van der Waals surface area (Å²) in [6, 6.07) is 12.9. The molecule has 8 nitrogen and oxygen atoms in total. The van der Waals surface area contributed by atoms with Crippen molar-refractivity contribution in [2.45, 2.75) is 12.8 Å². The normalized spacial score (nSPS) is 11.7. The van der Waals surface area contributed by atoms with Crippen LogP contribution in [0.5, 0.6) is 0 Å². The molecule has 0 saturated heterocycles. The molecule has 2 amide bonds. The Kier molecular flexibility index (Phi) is 5.25. The lowest BCUT2D eigenvalue weighted by Gasteiger charge is -2.14. The van der Waals surface area contributed by atoms with Gasteiger partial charge in [0.1, 0.15) is 12.0 Å². The van der Waals surface area contributed by atoms with Crippen molar-refractivity contribution in [3.8, 4) is 0 Å². The Morgan fingerprint density at radius 1 is 1.11 bits per heavy atom. The van der Waals surface area contributed by atoms with E-state index in [-0.39, 0.29) is 23.4 Å². The Balaban J connectivity index is 1.99. The first kappa shape index (κ1) is 18.2. The smallest absolute Gasteiger partial charge is 0.269 e. The molecular formula is C19H20N6O2. The number of amides is 2. The van der Waals surface area contributed by atoms with Crippen LogP contribution < -0.4 is 10.6 Å². The van der Waals surface area contributed by atoms with Gasteiger partial charge in [-0.15, -0.1) is 10.2 Å². The fourth-order valence-corrected chi connectivity index (χ4v) is 2.63. The van der Waals surface area contributed by atoms with E-state index in [0.29, 0.717) is 17.2 Å². The van der Waals surface area contributed by atoms with Gasteiger partial charge in [0, 0.05) is 31.3 Å². The average Bonchev–Trinajstić information content (AvgIpc) is 3.11. The summed E-state index contributed by atoms with van der Waals surface area (Å²) in [6.07, 6.45) is 1.49. The minimum absolute atomic E-state index is 0.0859. The van der Waals surface area contributed by atoms with Crippen LogP contribution in [0.4, 0.5) is 5.95 Å². The van der Waals surface area contributed by atoms with E-state index in [1.165, 1.54) is 19.4 Å². The molecule has 0 aliphatic heterocycles. The van der Waals surface area contributed by atoms with Gasteiger partial charge in [0.05, 0.1) is 0 Å². The lowest BCUT2D eigenvalue weighted by Crippen LogP contribution is -2.22. The molecule has 0 bridgehead atoms. The van der Waals surface area contributed by atoms with Gasteiger partial charge in [-0.25, -0.2) is 4.98 Å². The molecule has 1 aromatic carbocycles. The quantitative estimate of drug-likeness (QED) is 0.721. The van der Waals surface area contributed by atoms with Gasteiger partial charge in [-0.05, 0) is 17.7 Å². The maximum absolute atomic E-state index is 12.7. The summed E-state index contributed by atoms with van der Waals surface area (Å²) in [5, 5.41) is 12.8. The van der Waals surface area contributed by atoms with Crippen molar-refractivity contribution >= 4 is 17.8 Å². The van der Waals surface area contributed by atoms with Gasteiger partial charge in [0.2, 0.25) is 5.95 Å². The minimum Gasteiger partial charge on any atom is -0.354 e. The summed E-state index contributed by atoms with van der Waals surface area (Å²) in [5.74, 6) is -0.516. The maximum Gasteiger partial charge on any atom is 0.269 e. The zero-order valence-corrected chi connectivity index (χ0v) is 15.3. The van der Waals surface area contributed by atoms with Crippen molar-refractivity contribution in [1.29, 1.82) is 0 Å². The third kappa shape index (κ3) is 4.00. The van der Waals surface area contributed by atoms with Crippen molar-refractivity contribution in [3.63, 3.8) is 0 Å². The second-order valence-electron chi connectivity index (χ2n) is 6.10. The van der Waals surface area contributed by atoms with Gasteiger partial charge in [0.25, 0.3) is 11.8 Å². The number of carbonyl (C=O) groups excluding carboxylic acids is 2. The molecule has 2 aromatic heterocycles. The molecular weight excluding hydrogens is 344 g/mol. The Morgan fingerprint density at radius 3 is 2.48 bits per heavy atom. The molecule has 0 aliphatic carbocycles. The zero-order valence-electron chi connectivity index (χ0n) is 15.3. The van der Waals surface area contributed by atoms with E-state index in [0.717, 1.165) is 5.56 Å². The fourth-order valence-electron chi connectivity index (χ4n) is 2.63. The van der Waals surface area contributed by atoms with Gasteiger partial charge in [-0.1, -0.05) is 37.3 Å². The highest BCUT2D eigenvalue weighted by Crippen LogP contribution is 2.24. The standard InChI is InChI=1S/C19H20N6O2/c1-12(13-7-5-4-6-8-13)15-9-14(10-16(22-15)18(27)20-2)17(26)23-19-24-21-11-25(19)3/h4-12H,1-3H3,(H,20,27)(H,23,24,26)/t12-/m0/s1. The molecule has 1 atom stereocenters. The molecule has 8 heteroatoms. The third-order valence-corrected chi connectivity index (χ3v) is 4.25. The zero-order chi connectivity index (χ0) is 19.4. The van der Waals surface area contributed by atoms with Crippen LogP contribution in [0.1, 0.15) is 44.9 Å². The van der Waals surface area contributed by atoms with Crippen molar-refractivity contribution in [3.05, 3.63) is 71.3 Å². The number of anilines is 1. The molecule has 0 unspecified atom stereocenters. The SMILES string of the molecule is CNC(=O)c1cc(C(=O)Nc2nncn2C)cc([C@@H](C)c2ccccc2)n1. The molecule has 0 fully saturated rings. The van der Waals surface area contributed by atoms with Crippen LogP contribution in [0.15, 0.2) is 48.8 Å². The van der Waals surface area contributed by atoms with Gasteiger partial charge >= 0.3 is 0 Å². The highest BCUT2D eigenvalue weighted by Gasteiger charge is 2.19. The van der Waals surface area contributed by atoms with E-state index in [4.69, 9.17) is 0 Å². The van der Waals surface area contributed by atoms with E-state index in [1.54, 1.807) is 17.7 Å². The van der Waals surface area contributed by atoms with Crippen molar-refractivity contribution in [1.82, 2.24) is 25.1 Å². The summed E-state index contributed by atoms with van der Waals surface area (Å²) in [7, 11) is 3.25. The number of aryl methyl sites for hydroxylation is 1. The number of rotatable bonds is 5. The van der Waals surface area contributed by atoms with Crippen LogP contribution in [-0.2, 0) is 7.05 Å². The predicted octanol–water partition coefficient (Wildman–Crippen LogP) is 1.97. The van der Waals surface area contributed by atoms with Crippen molar-refractivity contribution < 1.29 is 9.59 Å². The van der Waals surface area contributed by atoms with Gasteiger partial charge in [-0.3, -0.25) is 14.9 Å². The first-order valence-electron chi connectivity index (χ1n) is 8.44. The molecule has 3 aromatic rings. The molecule has 0 saturated carbocycles. The lowest BCUT2D eigenvalue weighted by atomic mass is 9.96. The molecule has 0 radical (unpaired) electrons. The van der Waals surface area contributed by atoms with Crippen LogP contribution in [-0.4, -0.2) is 38.6 Å². The van der Waals surface area contributed by atoms with Gasteiger partial charge < -0.3 is 9.88 Å². The maximum atomic E-state index is 12.7. The number of carbonyl (C=O) groups is 2. The van der Waals surface area contributed by atoms with E-state index >= 15 is 0 Å². The van der Waals surface area contributed by atoms with Crippen LogP contribution in [0.3, 0.4) is 0 Å². The van der Waals surface area contributed by atoms with Crippen molar-refractivity contribution in [2.75, 3.05) is 12.4 Å². The molecule has 2 N–H and O–H groups in total. The Labute approximate surface area is 156 Å². The van der Waals surface area contributed by atoms with Crippen LogP contribution in [0.25, 0.3) is 0 Å². The fraction of sp³-hybridized carbons (Fsp3) is 0.211. The van der Waals surface area contributed by atoms with Crippen LogP contribution in [0, 0.1) is 0 Å². The Hall–Kier alpha value is -3.55. The molecule has 3 rings (SSSR count). The topological polar surface area (TPSA) is 102 Å². The lowest BCUT2D eigenvalue weighted by molar-refractivity contribution is 0.0958. The minimum atomic E-state index is -0.389. The first-order valence-corrected chi connectivity index (χ1v) is 8.44. The second kappa shape index (κ2) is 7.77. The molecule has 27 heavy (non-hydrogen) atoms. The predicted molar refractivity (Wildman–Crippen MR) is 101 cm³/mol. The van der Waals surface area contributed by atoms with E-state index in [9.17, 15) is 9.59 Å². The summed E-state index contributed by atoms with van der Waals surface area (Å²) >= 11 is 0. The highest BCUT2D eigenvalue weighted by molar-refractivity contribution is 6.05. The average molecular weight is 364 g/mol. The molecule has 0 aliphatic rings. The molecule has 0 spiro atoms. The number of hydrogen-bond donors (Lipinski definition) is 2. The third-order valence-electron chi connectivity index (χ3n) is 4.25. The summed E-state index contributed by atoms with van der Waals surface area (Å²) < 4.78 is 1.59. The van der Waals surface area contributed by atoms with Crippen LogP contribution >= 0.6 is 0 Å². The van der Waals surface area contributed by atoms with Crippen LogP contribution in [0.2, 0.25) is 0 Å². The van der Waals surface area contributed by atoms with Crippen molar-refractivity contribution in [2.24, 2.45) is 7.05 Å². The number of pyridine rings is 1. The van der Waals surface area contributed by atoms with E-state index in [1.807, 2.05) is 37.3 Å². The Morgan fingerprint density at radius 2 is 1.85 bits per heavy atom. The second-order valence-corrected chi connectivity index (χ2v) is 6.10. The highest BCUT2D eigenvalue weighted by atomic mass is 16.2. The van der Waals surface area contributed by atoms with E-state index in [2.05, 4.69) is 25.8 Å². The largest absolute Gasteiger partial charge is 0.354 e. The number of nitrogens with zero attached hydrogens (tertiary/aromatic N) is 4. The summed E-state index contributed by atoms with van der Waals surface area (Å²) in [6.45, 7) is 1.98. The Bertz CT molecular complexity index is 967. The summed E-state index contributed by atoms with van der Waals surface area (Å²) in [5.41, 5.74) is 2.18. The number of benzene rings is 1. The number of nitrogens with one attached hydrogen (secondary N) is 2.